The van der Waals surface area contributed by atoms with E-state index in [0.717, 1.165) is 73.9 Å². The van der Waals surface area contributed by atoms with Crippen LogP contribution >= 0.6 is 22.6 Å². The van der Waals surface area contributed by atoms with Crippen molar-refractivity contribution in [1.29, 1.82) is 0 Å². The number of benzene rings is 2. The molecule has 0 amide bonds. The van der Waals surface area contributed by atoms with Crippen molar-refractivity contribution < 1.29 is 51.2 Å². The van der Waals surface area contributed by atoms with Crippen molar-refractivity contribution in [3.63, 3.8) is 0 Å². The summed E-state index contributed by atoms with van der Waals surface area (Å²) in [5.41, 5.74) is 10.8. The molecule has 2 aromatic carbocycles. The summed E-state index contributed by atoms with van der Waals surface area (Å²) in [6, 6.07) is 14.0. The number of ether oxygens (including phenoxy) is 4. The molecule has 2 aliphatic rings. The predicted octanol–water partition coefficient (Wildman–Crippen LogP) is 13.5. The monoisotopic (exact) mass is 1180 g/mol. The van der Waals surface area contributed by atoms with Gasteiger partial charge in [-0.3, -0.25) is 0 Å². The first-order chi connectivity index (χ1) is 33.1. The molecule has 4 aromatic heterocycles. The number of H-pyrrole nitrogens is 2. The Morgan fingerprint density at radius 3 is 1.54 bits per heavy atom. The number of hydrogen-bond acceptors (Lipinski definition) is 9. The van der Waals surface area contributed by atoms with Gasteiger partial charge >= 0.3 is 34.6 Å². The standard InChI is InChI=1S/C27H37N3O3Si.C25H34IN3O3Si.O.Pd/c1-6-22-26(30(17-28-22)18-33-14-15-34(3,4)5)25-24(19-10-8-7-9-11-19)21-13-12-20(27(31)32-2)16-23(21)29-25;1-31-25(30)18-10-11-19-20(14-18)28-22(21(19)17-8-6-5-7-9-17)23-24(26)27-15-29(23)16-32-12-13-33(2,3)4;;/h6,12-13,16-17,19,29H,1,7-11,14-15,18H2,2-5H3;10-11,14-15,17,28H,5-9,12-13,16H2,1-4H3;;. The maximum atomic E-state index is 12.2. The van der Waals surface area contributed by atoms with Crippen molar-refractivity contribution in [2.75, 3.05) is 27.4 Å². The zero-order valence-corrected chi connectivity index (χ0v) is 47.4. The number of nitrogens with one attached hydrogen (secondary N) is 2. The summed E-state index contributed by atoms with van der Waals surface area (Å²) >= 11 is 3.82. The fourth-order valence-corrected chi connectivity index (χ4v) is 11.9. The minimum atomic E-state index is -1.16. The Kier molecular flexibility index (Phi) is 19.8. The molecule has 0 atom stereocenters. The average Bonchev–Trinajstić information content (AvgIpc) is 4.13. The molecule has 2 N–H and O–H groups in total. The number of aromatic amines is 2. The van der Waals surface area contributed by atoms with E-state index in [4.69, 9.17) is 22.4 Å². The SMILES string of the molecule is C=Cc1ncn(COCC[Si](C)(C)C)c1-c1[nH]c2cc(C(=O)OC)ccc2c1C1CCCCC1.COC(=O)c1ccc2c(C3CCCCC3)c(-c3c(I)ncn3COCC[Si](C)(C)C)[nH]c2c1.[O]=[Pd]. The van der Waals surface area contributed by atoms with Crippen LogP contribution in [0, 0.1) is 3.70 Å². The van der Waals surface area contributed by atoms with Gasteiger partial charge in [0.25, 0.3) is 0 Å². The minimum absolute atomic E-state index is 0.317. The molecule has 69 heavy (non-hydrogen) atoms. The molecule has 6 aromatic rings. The van der Waals surface area contributed by atoms with Crippen molar-refractivity contribution in [1.82, 2.24) is 29.1 Å². The summed E-state index contributed by atoms with van der Waals surface area (Å²) < 4.78 is 35.3. The Morgan fingerprint density at radius 2 is 1.12 bits per heavy atom. The molecular formula is C52H71IN6O7PdSi2. The topological polar surface area (TPSA) is 155 Å². The van der Waals surface area contributed by atoms with Crippen LogP contribution in [0.25, 0.3) is 50.7 Å². The second-order valence-electron chi connectivity index (χ2n) is 20.7. The number of carbonyl (C=O) groups is 2. The number of aromatic nitrogens is 6. The molecule has 8 rings (SSSR count). The molecule has 2 aliphatic carbocycles. The van der Waals surface area contributed by atoms with Crippen LogP contribution in [0.5, 0.6) is 0 Å². The zero-order valence-electron chi connectivity index (χ0n) is 41.7. The van der Waals surface area contributed by atoms with E-state index in [1.165, 1.54) is 114 Å². The second kappa shape index (κ2) is 25.0. The number of hydrogen-bond donors (Lipinski definition) is 2. The molecule has 0 bridgehead atoms. The van der Waals surface area contributed by atoms with Crippen molar-refractivity contribution in [2.24, 2.45) is 0 Å². The van der Waals surface area contributed by atoms with Crippen LogP contribution in [0.3, 0.4) is 0 Å². The molecular weight excluding hydrogens is 1110 g/mol. The zero-order chi connectivity index (χ0) is 49.9. The molecule has 4 heterocycles. The number of imidazole rings is 2. The molecule has 376 valence electrons. The summed E-state index contributed by atoms with van der Waals surface area (Å²) in [4.78, 5) is 40.9. The Balaban J connectivity index is 0.000000219. The maximum absolute atomic E-state index is 12.2. The summed E-state index contributed by atoms with van der Waals surface area (Å²) in [6.45, 7) is 20.7. The fourth-order valence-electron chi connectivity index (χ4n) is 9.63. The number of esters is 2. The fraction of sp³-hybridized carbons (Fsp3) is 0.500. The molecule has 2 fully saturated rings. The van der Waals surface area contributed by atoms with Crippen molar-refractivity contribution in [3.8, 4) is 22.8 Å². The molecule has 0 saturated heterocycles. The third-order valence-electron chi connectivity index (χ3n) is 13.3. The van der Waals surface area contributed by atoms with Gasteiger partial charge in [0.15, 0.2) is 0 Å². The Morgan fingerprint density at radius 1 is 0.696 bits per heavy atom. The Bertz CT molecular complexity index is 2680. The first-order valence-electron chi connectivity index (χ1n) is 24.3. The van der Waals surface area contributed by atoms with Gasteiger partial charge in [-0.1, -0.05) is 96.5 Å². The summed E-state index contributed by atoms with van der Waals surface area (Å²) in [7, 11) is 0.543. The van der Waals surface area contributed by atoms with Crippen molar-refractivity contribution >= 4 is 78.6 Å². The summed E-state index contributed by atoms with van der Waals surface area (Å²) in [5, 5.41) is 2.35. The first-order valence-corrected chi connectivity index (χ1v) is 33.4. The number of nitrogens with zero attached hydrogens (tertiary/aromatic N) is 4. The van der Waals surface area contributed by atoms with Gasteiger partial charge in [0.1, 0.15) is 22.9 Å². The Labute approximate surface area is 434 Å². The quantitative estimate of drug-likeness (QED) is 0.0393. The van der Waals surface area contributed by atoms with Gasteiger partial charge in [-0.25, -0.2) is 19.6 Å². The van der Waals surface area contributed by atoms with E-state index in [1.54, 1.807) is 0 Å². The van der Waals surface area contributed by atoms with Crippen LogP contribution in [0.15, 0.2) is 55.6 Å². The normalized spacial score (nSPS) is 14.8. The predicted molar refractivity (Wildman–Crippen MR) is 285 cm³/mol. The number of fused-ring (bicyclic) bond motifs is 2. The van der Waals surface area contributed by atoms with Gasteiger partial charge in [-0.05, 0) is 114 Å². The first kappa shape index (κ1) is 54.5. The third-order valence-corrected chi connectivity index (χ3v) is 17.5. The van der Waals surface area contributed by atoms with Crippen LogP contribution in [0.2, 0.25) is 51.4 Å². The number of rotatable bonds is 17. The number of halogens is 1. The summed E-state index contributed by atoms with van der Waals surface area (Å²) in [5.74, 6) is 0.321. The van der Waals surface area contributed by atoms with Crippen LogP contribution < -0.4 is 0 Å². The molecule has 13 nitrogen and oxygen atoms in total. The van der Waals surface area contributed by atoms with Gasteiger partial charge in [0, 0.05) is 51.2 Å². The van der Waals surface area contributed by atoms with E-state index >= 15 is 0 Å². The van der Waals surface area contributed by atoms with Crippen molar-refractivity contribution in [2.45, 2.75) is 141 Å². The summed E-state index contributed by atoms with van der Waals surface area (Å²) in [6.07, 6.45) is 17.8. The molecule has 0 spiro atoms. The van der Waals surface area contributed by atoms with Crippen LogP contribution in [0.1, 0.15) is 114 Å². The number of carbonyl (C=O) groups excluding carboxylic acids is 2. The Hall–Kier alpha value is -3.83. The van der Waals surface area contributed by atoms with Gasteiger partial charge in [-0.15, -0.1) is 0 Å². The molecule has 0 aliphatic heterocycles. The molecule has 0 unspecified atom stereocenters. The van der Waals surface area contributed by atoms with Gasteiger partial charge < -0.3 is 38.0 Å². The van der Waals surface area contributed by atoms with E-state index in [2.05, 4.69) is 110 Å². The van der Waals surface area contributed by atoms with Gasteiger partial charge in [0.2, 0.25) is 0 Å². The van der Waals surface area contributed by atoms with Crippen LogP contribution in [-0.4, -0.2) is 84.6 Å². The van der Waals surface area contributed by atoms with Crippen molar-refractivity contribution in [3.05, 3.63) is 87.3 Å². The van der Waals surface area contributed by atoms with E-state index in [9.17, 15) is 9.59 Å². The van der Waals surface area contributed by atoms with Gasteiger partial charge in [0.05, 0.1) is 60.8 Å². The van der Waals surface area contributed by atoms with E-state index < -0.39 is 16.1 Å². The molecule has 0 radical (unpaired) electrons. The van der Waals surface area contributed by atoms with Gasteiger partial charge in [-0.2, -0.15) is 0 Å². The second-order valence-corrected chi connectivity index (χ2v) is 33.0. The molecule has 2 saturated carbocycles. The van der Waals surface area contributed by atoms with Crippen LogP contribution in [0.4, 0.5) is 0 Å². The van der Waals surface area contributed by atoms with E-state index in [0.29, 0.717) is 36.4 Å². The van der Waals surface area contributed by atoms with Crippen LogP contribution in [-0.2, 0) is 55.0 Å². The average molecular weight is 1180 g/mol. The van der Waals surface area contributed by atoms with E-state index in [1.807, 2.05) is 43.0 Å². The molecule has 17 heteroatoms. The third kappa shape index (κ3) is 13.8. The number of methoxy groups -OCH3 is 2. The van der Waals surface area contributed by atoms with E-state index in [-0.39, 0.29) is 11.9 Å².